The third kappa shape index (κ3) is 4.99. The minimum absolute atomic E-state index is 0.0366. The molecule has 0 amide bonds. The first-order valence-corrected chi connectivity index (χ1v) is 12.5. The molecule has 0 fully saturated rings. The monoisotopic (exact) mass is 490 g/mol. The predicted octanol–water partition coefficient (Wildman–Crippen LogP) is 5.26. The van der Waals surface area contributed by atoms with Crippen LogP contribution in [-0.2, 0) is 25.9 Å². The van der Waals surface area contributed by atoms with E-state index >= 15 is 0 Å². The highest BCUT2D eigenvalue weighted by Gasteiger charge is 2.17. The number of rotatable bonds is 7. The van der Waals surface area contributed by atoms with Crippen molar-refractivity contribution in [3.05, 3.63) is 65.5 Å². The van der Waals surface area contributed by atoms with E-state index in [-0.39, 0.29) is 10.6 Å². The van der Waals surface area contributed by atoms with Crippen LogP contribution < -0.4 is 5.36 Å². The van der Waals surface area contributed by atoms with E-state index in [1.54, 1.807) is 11.3 Å². The van der Waals surface area contributed by atoms with Crippen LogP contribution in [0.5, 0.6) is 0 Å². The van der Waals surface area contributed by atoms with Crippen molar-refractivity contribution in [3.8, 4) is 10.6 Å². The molecule has 2 aliphatic rings. The van der Waals surface area contributed by atoms with Gasteiger partial charge in [0.15, 0.2) is 0 Å². The van der Waals surface area contributed by atoms with Gasteiger partial charge in [0.1, 0.15) is 4.90 Å². The standard InChI is InChI=1S/C21H18N2O6S3/c1-2-5-13-10-17-20(30-19-7-4-3-6-15(19)22-17)12-16(13)23-18-11-14(31-29-28-24)8-9-21(18)32(25,26)27/h3-4,6-12,24H,2,5H2,1H3,(H,25,26,27)/b23-16+. The molecule has 32 heavy (non-hydrogen) atoms. The Labute approximate surface area is 192 Å². The second-order valence-electron chi connectivity index (χ2n) is 6.82. The molecule has 0 saturated carbocycles. The van der Waals surface area contributed by atoms with Gasteiger partial charge < -0.3 is 0 Å². The van der Waals surface area contributed by atoms with E-state index in [1.165, 1.54) is 18.2 Å². The van der Waals surface area contributed by atoms with E-state index < -0.39 is 10.1 Å². The van der Waals surface area contributed by atoms with Gasteiger partial charge in [0.05, 0.1) is 43.9 Å². The van der Waals surface area contributed by atoms with Gasteiger partial charge in [-0.05, 0) is 54.4 Å². The summed E-state index contributed by atoms with van der Waals surface area (Å²) in [7, 11) is -4.52. The summed E-state index contributed by atoms with van der Waals surface area (Å²) >= 11 is 2.23. The van der Waals surface area contributed by atoms with Gasteiger partial charge in [-0.1, -0.05) is 30.5 Å². The van der Waals surface area contributed by atoms with E-state index in [0.717, 1.165) is 32.8 Å². The minimum atomic E-state index is -4.52. The average Bonchev–Trinajstić information content (AvgIpc) is 2.76. The van der Waals surface area contributed by atoms with Crippen LogP contribution in [0.4, 0.5) is 5.69 Å². The summed E-state index contributed by atoms with van der Waals surface area (Å²) in [6, 6.07) is 15.7. The van der Waals surface area contributed by atoms with E-state index in [9.17, 15) is 13.0 Å². The number of hydrogen-bond donors (Lipinski definition) is 2. The van der Waals surface area contributed by atoms with Gasteiger partial charge in [-0.2, -0.15) is 8.42 Å². The van der Waals surface area contributed by atoms with Crippen LogP contribution in [0.25, 0.3) is 20.8 Å². The van der Waals surface area contributed by atoms with Crippen molar-refractivity contribution in [2.45, 2.75) is 29.6 Å². The van der Waals surface area contributed by atoms with Crippen LogP contribution in [0.2, 0.25) is 0 Å². The highest BCUT2D eigenvalue weighted by Crippen LogP contribution is 2.32. The van der Waals surface area contributed by atoms with Gasteiger partial charge >= 0.3 is 0 Å². The number of nitrogens with zero attached hydrogens (tertiary/aromatic N) is 2. The minimum Gasteiger partial charge on any atom is -0.282 e. The molecule has 0 radical (unpaired) electrons. The van der Waals surface area contributed by atoms with Gasteiger partial charge in [0.2, 0.25) is 0 Å². The lowest BCUT2D eigenvalue weighted by Crippen LogP contribution is -2.11. The van der Waals surface area contributed by atoms with Crippen LogP contribution in [-0.4, -0.2) is 23.2 Å². The van der Waals surface area contributed by atoms with Gasteiger partial charge in [0.25, 0.3) is 10.1 Å². The van der Waals surface area contributed by atoms with Crippen LogP contribution in [0, 0.1) is 0 Å². The van der Waals surface area contributed by atoms with Gasteiger partial charge in [-0.3, -0.25) is 4.55 Å². The van der Waals surface area contributed by atoms with Crippen molar-refractivity contribution < 1.29 is 27.6 Å². The van der Waals surface area contributed by atoms with Crippen molar-refractivity contribution in [2.24, 2.45) is 4.99 Å². The maximum atomic E-state index is 11.9. The normalized spacial score (nSPS) is 12.7. The summed E-state index contributed by atoms with van der Waals surface area (Å²) in [6.45, 7) is 2.04. The zero-order valence-electron chi connectivity index (χ0n) is 16.8. The zero-order valence-corrected chi connectivity index (χ0v) is 19.2. The number of para-hydroxylation sites is 1. The number of benzene rings is 3. The average molecular weight is 491 g/mol. The fraction of sp³-hybridized carbons (Fsp3) is 0.143. The highest BCUT2D eigenvalue weighted by atomic mass is 32.2. The molecule has 1 aliphatic carbocycles. The number of aryl methyl sites for hydroxylation is 1. The lowest BCUT2D eigenvalue weighted by atomic mass is 10.1. The fourth-order valence-corrected chi connectivity index (χ4v) is 5.25. The molecule has 1 heterocycles. The first-order valence-electron chi connectivity index (χ1n) is 9.52. The van der Waals surface area contributed by atoms with Crippen LogP contribution >= 0.6 is 23.4 Å². The third-order valence-corrected chi connectivity index (χ3v) is 7.20. The Kier molecular flexibility index (Phi) is 6.86. The van der Waals surface area contributed by atoms with Gasteiger partial charge in [0, 0.05) is 4.90 Å². The quantitative estimate of drug-likeness (QED) is 0.118. The summed E-state index contributed by atoms with van der Waals surface area (Å²) in [4.78, 5) is 10.3. The summed E-state index contributed by atoms with van der Waals surface area (Å²) < 4.78 is 39.0. The maximum absolute atomic E-state index is 11.9. The van der Waals surface area contributed by atoms with E-state index in [1.807, 2.05) is 43.3 Å². The van der Waals surface area contributed by atoms with E-state index in [4.69, 9.17) is 10.2 Å². The maximum Gasteiger partial charge on any atom is 0.296 e. The molecule has 11 heteroatoms. The van der Waals surface area contributed by atoms with Gasteiger partial charge in [-0.15, -0.1) is 15.7 Å². The molecule has 1 aliphatic heterocycles. The lowest BCUT2D eigenvalue weighted by Gasteiger charge is -2.10. The molecule has 0 spiro atoms. The Morgan fingerprint density at radius 1 is 1.16 bits per heavy atom. The first kappa shape index (κ1) is 22.8. The van der Waals surface area contributed by atoms with E-state index in [2.05, 4.69) is 14.4 Å². The Balaban J connectivity index is 1.96. The molecule has 2 N–H and O–H groups in total. The van der Waals surface area contributed by atoms with Crippen molar-refractivity contribution in [2.75, 3.05) is 0 Å². The molecule has 2 aromatic rings. The van der Waals surface area contributed by atoms with Crippen LogP contribution in [0.1, 0.15) is 18.9 Å². The fourth-order valence-electron chi connectivity index (χ4n) is 3.27. The van der Waals surface area contributed by atoms with Gasteiger partial charge in [-0.25, -0.2) is 15.2 Å². The predicted molar refractivity (Wildman–Crippen MR) is 122 cm³/mol. The van der Waals surface area contributed by atoms with Crippen molar-refractivity contribution >= 4 is 49.4 Å². The molecule has 2 aromatic carbocycles. The molecule has 0 bridgehead atoms. The van der Waals surface area contributed by atoms with Crippen LogP contribution in [0.3, 0.4) is 0 Å². The van der Waals surface area contributed by atoms with Crippen molar-refractivity contribution in [1.82, 2.24) is 4.98 Å². The molecule has 0 unspecified atom stereocenters. The van der Waals surface area contributed by atoms with E-state index in [0.29, 0.717) is 28.7 Å². The number of hydrogen-bond acceptors (Lipinski definition) is 9. The van der Waals surface area contributed by atoms with Crippen LogP contribution in [0.15, 0.2) is 69.4 Å². The molecule has 0 atom stereocenters. The SMILES string of the molecule is CCCc1cc2nc3ccccc3sc-2c/c1=N\c1cc(SOOO)ccc1S(=O)(=O)O. The molecular formula is C21H18N2O6S3. The van der Waals surface area contributed by atoms with Crippen molar-refractivity contribution in [3.63, 3.8) is 0 Å². The summed E-state index contributed by atoms with van der Waals surface area (Å²) in [5.41, 5.74) is 2.68. The summed E-state index contributed by atoms with van der Waals surface area (Å²) in [5.74, 6) is 0. The Morgan fingerprint density at radius 2 is 1.97 bits per heavy atom. The highest BCUT2D eigenvalue weighted by molar-refractivity contribution is 7.94. The number of aromatic nitrogens is 1. The third-order valence-electron chi connectivity index (χ3n) is 4.62. The molecule has 0 aromatic heterocycles. The second kappa shape index (κ2) is 9.63. The Bertz CT molecular complexity index is 1420. The first-order chi connectivity index (χ1) is 15.4. The smallest absolute Gasteiger partial charge is 0.282 e. The summed E-state index contributed by atoms with van der Waals surface area (Å²) in [6.07, 6.45) is 1.57. The molecular weight excluding hydrogens is 472 g/mol. The summed E-state index contributed by atoms with van der Waals surface area (Å²) in [5, 5.41) is 12.6. The molecule has 0 saturated heterocycles. The Morgan fingerprint density at radius 3 is 2.72 bits per heavy atom. The topological polar surface area (TPSA) is 118 Å². The second-order valence-corrected chi connectivity index (χ2v) is 10.1. The molecule has 4 rings (SSSR count). The molecule has 8 nitrogen and oxygen atoms in total. The zero-order chi connectivity index (χ0) is 22.7. The molecule has 166 valence electrons. The lowest BCUT2D eigenvalue weighted by molar-refractivity contribution is -0.432. The number of fused-ring (bicyclic) bond motifs is 2. The Hall–Kier alpha value is -2.38. The van der Waals surface area contributed by atoms with Crippen molar-refractivity contribution in [1.29, 1.82) is 0 Å². The largest absolute Gasteiger partial charge is 0.296 e.